The third-order valence-electron chi connectivity index (χ3n) is 5.19. The van der Waals surface area contributed by atoms with E-state index in [-0.39, 0.29) is 30.6 Å². The molecular formula is C20H27N3O4. The first kappa shape index (κ1) is 19.4. The van der Waals surface area contributed by atoms with Crippen LogP contribution in [0.5, 0.6) is 0 Å². The predicted molar refractivity (Wildman–Crippen MR) is 101 cm³/mol. The van der Waals surface area contributed by atoms with Crippen molar-refractivity contribution >= 4 is 23.4 Å². The monoisotopic (exact) mass is 373 g/mol. The quantitative estimate of drug-likeness (QED) is 0.748. The first-order valence-corrected chi connectivity index (χ1v) is 9.67. The largest absolute Gasteiger partial charge is 0.376 e. The van der Waals surface area contributed by atoms with Gasteiger partial charge >= 0.3 is 0 Å². The van der Waals surface area contributed by atoms with Crippen molar-refractivity contribution < 1.29 is 19.1 Å². The lowest BCUT2D eigenvalue weighted by atomic mass is 9.88. The SMILES string of the molecule is C[C@H]1CCCC[C@@H]1OCCNC(=O)c1ccc(N2NC(=O)CCC2=O)cc1. The van der Waals surface area contributed by atoms with Gasteiger partial charge in [0.2, 0.25) is 11.8 Å². The Kier molecular flexibility index (Phi) is 6.45. The van der Waals surface area contributed by atoms with E-state index in [9.17, 15) is 14.4 Å². The maximum absolute atomic E-state index is 12.2. The molecule has 0 unspecified atom stereocenters. The van der Waals surface area contributed by atoms with Gasteiger partial charge in [0, 0.05) is 24.9 Å². The van der Waals surface area contributed by atoms with Crippen molar-refractivity contribution in [3.63, 3.8) is 0 Å². The van der Waals surface area contributed by atoms with E-state index in [1.807, 2.05) is 0 Å². The number of hydrogen-bond donors (Lipinski definition) is 2. The fourth-order valence-electron chi connectivity index (χ4n) is 3.55. The van der Waals surface area contributed by atoms with Gasteiger partial charge in [0.05, 0.1) is 18.4 Å². The van der Waals surface area contributed by atoms with Gasteiger partial charge in [0.25, 0.3) is 5.91 Å². The highest BCUT2D eigenvalue weighted by atomic mass is 16.5. The third kappa shape index (κ3) is 5.07. The summed E-state index contributed by atoms with van der Waals surface area (Å²) in [6.45, 7) is 3.19. The highest BCUT2D eigenvalue weighted by molar-refractivity contribution is 6.01. The molecule has 0 radical (unpaired) electrons. The number of rotatable bonds is 6. The average molecular weight is 373 g/mol. The maximum atomic E-state index is 12.2. The van der Waals surface area contributed by atoms with Crippen LogP contribution < -0.4 is 15.8 Å². The minimum Gasteiger partial charge on any atom is -0.376 e. The Hall–Kier alpha value is -2.41. The molecule has 3 amide bonds. The molecule has 7 nitrogen and oxygen atoms in total. The first-order valence-electron chi connectivity index (χ1n) is 9.67. The molecule has 1 aromatic carbocycles. The third-order valence-corrected chi connectivity index (χ3v) is 5.19. The second kappa shape index (κ2) is 8.99. The van der Waals surface area contributed by atoms with Crippen LogP contribution in [0, 0.1) is 5.92 Å². The summed E-state index contributed by atoms with van der Waals surface area (Å²) in [5.74, 6) is 0.0421. The van der Waals surface area contributed by atoms with E-state index in [1.165, 1.54) is 24.3 Å². The molecule has 1 heterocycles. The number of carbonyl (C=O) groups excluding carboxylic acids is 3. The zero-order chi connectivity index (χ0) is 19.2. The van der Waals surface area contributed by atoms with Crippen molar-refractivity contribution in [1.82, 2.24) is 10.7 Å². The number of nitrogens with one attached hydrogen (secondary N) is 2. The lowest BCUT2D eigenvalue weighted by molar-refractivity contribution is -0.130. The molecule has 1 aliphatic heterocycles. The molecular weight excluding hydrogens is 346 g/mol. The second-order valence-corrected chi connectivity index (χ2v) is 7.24. The van der Waals surface area contributed by atoms with Crippen molar-refractivity contribution in [3.05, 3.63) is 29.8 Å². The van der Waals surface area contributed by atoms with Crippen LogP contribution in [0.4, 0.5) is 5.69 Å². The van der Waals surface area contributed by atoms with Crippen LogP contribution in [0.25, 0.3) is 0 Å². The van der Waals surface area contributed by atoms with E-state index in [2.05, 4.69) is 17.7 Å². The summed E-state index contributed by atoms with van der Waals surface area (Å²) >= 11 is 0. The minimum absolute atomic E-state index is 0.166. The van der Waals surface area contributed by atoms with Crippen molar-refractivity contribution in [2.24, 2.45) is 5.92 Å². The summed E-state index contributed by atoms with van der Waals surface area (Å²) < 4.78 is 5.90. The van der Waals surface area contributed by atoms with Gasteiger partial charge in [-0.05, 0) is 43.0 Å². The molecule has 146 valence electrons. The second-order valence-electron chi connectivity index (χ2n) is 7.24. The summed E-state index contributed by atoms with van der Waals surface area (Å²) in [4.78, 5) is 35.6. The Morgan fingerprint density at radius 1 is 1.19 bits per heavy atom. The van der Waals surface area contributed by atoms with Crippen LogP contribution in [0.15, 0.2) is 24.3 Å². The van der Waals surface area contributed by atoms with Gasteiger partial charge in [-0.1, -0.05) is 19.8 Å². The molecule has 2 atom stereocenters. The lowest BCUT2D eigenvalue weighted by Gasteiger charge is -2.28. The zero-order valence-electron chi connectivity index (χ0n) is 15.7. The molecule has 2 aliphatic rings. The Morgan fingerprint density at radius 3 is 2.67 bits per heavy atom. The molecule has 2 N–H and O–H groups in total. The molecule has 27 heavy (non-hydrogen) atoms. The molecule has 1 aromatic rings. The number of carbonyl (C=O) groups is 3. The van der Waals surface area contributed by atoms with Crippen molar-refractivity contribution in [2.45, 2.75) is 51.6 Å². The summed E-state index contributed by atoms with van der Waals surface area (Å²) in [7, 11) is 0. The van der Waals surface area contributed by atoms with Crippen LogP contribution in [0.1, 0.15) is 55.8 Å². The molecule has 1 saturated carbocycles. The number of hydrazine groups is 1. The smallest absolute Gasteiger partial charge is 0.251 e. The van der Waals surface area contributed by atoms with Crippen molar-refractivity contribution in [3.8, 4) is 0 Å². The van der Waals surface area contributed by atoms with Gasteiger partial charge in [0.1, 0.15) is 0 Å². The Labute approximate surface area is 159 Å². The number of hydrogen-bond acceptors (Lipinski definition) is 4. The standard InChI is InChI=1S/C20H27N3O4/c1-14-4-2-3-5-17(14)27-13-12-21-20(26)15-6-8-16(9-7-15)23-19(25)11-10-18(24)22-23/h6-9,14,17H,2-5,10-13H2,1H3,(H,21,26)(H,22,24)/t14-,17-/m0/s1. The highest BCUT2D eigenvalue weighted by Gasteiger charge is 2.24. The van der Waals surface area contributed by atoms with Gasteiger partial charge in [-0.25, -0.2) is 5.01 Å². The van der Waals surface area contributed by atoms with E-state index in [1.54, 1.807) is 24.3 Å². The molecule has 0 aromatic heterocycles. The summed E-state index contributed by atoms with van der Waals surface area (Å²) in [6.07, 6.45) is 5.50. The normalized spacial score (nSPS) is 23.1. The molecule has 0 spiro atoms. The topological polar surface area (TPSA) is 87.7 Å². The molecule has 3 rings (SSSR count). The first-order chi connectivity index (χ1) is 13.0. The van der Waals surface area contributed by atoms with E-state index >= 15 is 0 Å². The lowest BCUT2D eigenvalue weighted by Crippen LogP contribution is -2.50. The van der Waals surface area contributed by atoms with Gasteiger partial charge in [-0.15, -0.1) is 0 Å². The minimum atomic E-state index is -0.191. The van der Waals surface area contributed by atoms with Crippen molar-refractivity contribution in [2.75, 3.05) is 18.2 Å². The van der Waals surface area contributed by atoms with E-state index in [0.29, 0.717) is 36.4 Å². The Balaban J connectivity index is 1.46. The molecule has 0 bridgehead atoms. The fraction of sp³-hybridized carbons (Fsp3) is 0.550. The Bertz CT molecular complexity index is 689. The maximum Gasteiger partial charge on any atom is 0.251 e. The van der Waals surface area contributed by atoms with Crippen molar-refractivity contribution in [1.29, 1.82) is 0 Å². The van der Waals surface area contributed by atoms with Crippen LogP contribution in [0.2, 0.25) is 0 Å². The Morgan fingerprint density at radius 2 is 1.93 bits per heavy atom. The summed E-state index contributed by atoms with van der Waals surface area (Å²) in [5.41, 5.74) is 3.58. The summed E-state index contributed by atoms with van der Waals surface area (Å²) in [6, 6.07) is 6.59. The van der Waals surface area contributed by atoms with Gasteiger partial charge in [0.15, 0.2) is 0 Å². The molecule has 2 fully saturated rings. The van der Waals surface area contributed by atoms with E-state index < -0.39 is 0 Å². The number of amides is 3. The van der Waals surface area contributed by atoms with E-state index in [0.717, 1.165) is 6.42 Å². The number of anilines is 1. The van der Waals surface area contributed by atoms with Gasteiger partial charge < -0.3 is 10.1 Å². The van der Waals surface area contributed by atoms with E-state index in [4.69, 9.17) is 4.74 Å². The average Bonchev–Trinajstić information content (AvgIpc) is 2.68. The van der Waals surface area contributed by atoms with Crippen LogP contribution in [-0.4, -0.2) is 37.0 Å². The fourth-order valence-corrected chi connectivity index (χ4v) is 3.55. The molecule has 1 saturated heterocycles. The number of benzene rings is 1. The van der Waals surface area contributed by atoms with Crippen LogP contribution in [0.3, 0.4) is 0 Å². The molecule has 1 aliphatic carbocycles. The van der Waals surface area contributed by atoms with Crippen LogP contribution >= 0.6 is 0 Å². The molecule has 7 heteroatoms. The highest BCUT2D eigenvalue weighted by Crippen LogP contribution is 2.26. The summed E-state index contributed by atoms with van der Waals surface area (Å²) in [5, 5.41) is 4.08. The zero-order valence-corrected chi connectivity index (χ0v) is 15.7. The van der Waals surface area contributed by atoms with Crippen LogP contribution in [-0.2, 0) is 14.3 Å². The van der Waals surface area contributed by atoms with Gasteiger partial charge in [-0.3, -0.25) is 19.8 Å². The predicted octanol–water partition coefficient (Wildman–Crippen LogP) is 2.17. The van der Waals surface area contributed by atoms with Gasteiger partial charge in [-0.2, -0.15) is 0 Å². The number of nitrogens with zero attached hydrogens (tertiary/aromatic N) is 1. The number of ether oxygens (including phenoxy) is 1.